The number of amides is 1. The number of alkyl carbamates (subject to hydrolysis) is 1. The summed E-state index contributed by atoms with van der Waals surface area (Å²) in [6.45, 7) is 1.82. The molecule has 0 saturated heterocycles. The van der Waals surface area contributed by atoms with Crippen molar-refractivity contribution in [2.45, 2.75) is 64.7 Å². The highest BCUT2D eigenvalue weighted by Crippen LogP contribution is 2.25. The number of aromatic nitrogens is 1. The largest absolute Gasteiger partial charge is 0.514 e. The van der Waals surface area contributed by atoms with Crippen LogP contribution in [-0.4, -0.2) is 48.4 Å². The fourth-order valence-electron chi connectivity index (χ4n) is 4.72. The summed E-state index contributed by atoms with van der Waals surface area (Å²) in [5.74, 6) is -1.29. The van der Waals surface area contributed by atoms with Gasteiger partial charge in [0.1, 0.15) is 25.0 Å². The molecule has 47 heavy (non-hydrogen) atoms. The molecule has 0 saturated carbocycles. The van der Waals surface area contributed by atoms with Gasteiger partial charge in [-0.3, -0.25) is 0 Å². The monoisotopic (exact) mass is 644 g/mol. The quantitative estimate of drug-likeness (QED) is 0.0551. The lowest BCUT2D eigenvalue weighted by molar-refractivity contribution is -0.160. The molecule has 0 aliphatic rings. The van der Waals surface area contributed by atoms with Crippen LogP contribution in [0.5, 0.6) is 5.75 Å². The van der Waals surface area contributed by atoms with Gasteiger partial charge in [0.25, 0.3) is 0 Å². The first kappa shape index (κ1) is 34.6. The number of esters is 2. The van der Waals surface area contributed by atoms with Gasteiger partial charge in [-0.1, -0.05) is 93.3 Å². The van der Waals surface area contributed by atoms with Gasteiger partial charge < -0.3 is 34.0 Å². The molecule has 1 heterocycles. The smallest absolute Gasteiger partial charge is 0.463 e. The molecule has 0 fully saturated rings. The normalized spacial score (nSPS) is 11.3. The van der Waals surface area contributed by atoms with Gasteiger partial charge in [0.15, 0.2) is 6.61 Å². The fourth-order valence-corrected chi connectivity index (χ4v) is 4.72. The molecular weight excluding hydrogens is 604 g/mol. The second kappa shape index (κ2) is 18.6. The van der Waals surface area contributed by atoms with Crippen molar-refractivity contribution < 1.29 is 42.9 Å². The van der Waals surface area contributed by atoms with Gasteiger partial charge >= 0.3 is 24.2 Å². The lowest BCUT2D eigenvalue weighted by Gasteiger charge is -2.17. The zero-order valence-electron chi connectivity index (χ0n) is 26.4. The molecule has 4 aromatic rings. The number of carbonyl (C=O) groups is 4. The molecule has 2 N–H and O–H groups in total. The van der Waals surface area contributed by atoms with Crippen LogP contribution in [-0.2, 0) is 48.2 Å². The molecule has 248 valence electrons. The van der Waals surface area contributed by atoms with E-state index < -0.39 is 36.8 Å². The van der Waals surface area contributed by atoms with Gasteiger partial charge in [0.05, 0.1) is 6.61 Å². The number of H-pyrrole nitrogens is 1. The van der Waals surface area contributed by atoms with Crippen molar-refractivity contribution in [3.8, 4) is 5.75 Å². The summed E-state index contributed by atoms with van der Waals surface area (Å²) in [7, 11) is 0. The third-order valence-corrected chi connectivity index (χ3v) is 7.20. The van der Waals surface area contributed by atoms with Gasteiger partial charge in [0.2, 0.25) is 0 Å². The Kier molecular flexibility index (Phi) is 13.7. The van der Waals surface area contributed by atoms with Crippen molar-refractivity contribution in [3.05, 3.63) is 102 Å². The Morgan fingerprint density at radius 2 is 1.45 bits per heavy atom. The molecule has 0 aliphatic heterocycles. The van der Waals surface area contributed by atoms with Crippen molar-refractivity contribution in [2.75, 3.05) is 13.2 Å². The Hall–Kier alpha value is -5.32. The van der Waals surface area contributed by atoms with Crippen LogP contribution in [0.2, 0.25) is 0 Å². The number of ether oxygens (including phenoxy) is 5. The molecule has 11 nitrogen and oxygen atoms in total. The fraction of sp³-hybridized carbons (Fsp3) is 0.333. The Morgan fingerprint density at radius 1 is 0.766 bits per heavy atom. The van der Waals surface area contributed by atoms with Crippen LogP contribution >= 0.6 is 0 Å². The number of unbranched alkanes of at least 4 members (excludes halogenated alkanes) is 4. The van der Waals surface area contributed by atoms with Crippen LogP contribution < -0.4 is 10.1 Å². The van der Waals surface area contributed by atoms with E-state index in [0.717, 1.165) is 43.2 Å². The van der Waals surface area contributed by atoms with E-state index in [1.807, 2.05) is 48.5 Å². The van der Waals surface area contributed by atoms with Crippen molar-refractivity contribution in [1.82, 2.24) is 10.3 Å². The minimum Gasteiger partial charge on any atom is -0.463 e. The molecule has 11 heteroatoms. The molecule has 0 unspecified atom stereocenters. The number of hydrogen-bond donors (Lipinski definition) is 2. The lowest BCUT2D eigenvalue weighted by atomic mass is 10.0. The lowest BCUT2D eigenvalue weighted by Crippen LogP contribution is -2.44. The first-order chi connectivity index (χ1) is 22.9. The van der Waals surface area contributed by atoms with Crippen molar-refractivity contribution in [2.24, 2.45) is 0 Å². The van der Waals surface area contributed by atoms with E-state index in [1.54, 1.807) is 36.5 Å². The minimum absolute atomic E-state index is 0.00677. The van der Waals surface area contributed by atoms with Gasteiger partial charge in [-0.05, 0) is 41.3 Å². The van der Waals surface area contributed by atoms with Crippen molar-refractivity contribution >= 4 is 35.1 Å². The predicted molar refractivity (Wildman–Crippen MR) is 173 cm³/mol. The number of aromatic amines is 1. The van der Waals surface area contributed by atoms with E-state index in [2.05, 4.69) is 17.2 Å². The van der Waals surface area contributed by atoms with E-state index in [0.29, 0.717) is 16.5 Å². The van der Waals surface area contributed by atoms with Crippen LogP contribution in [0.15, 0.2) is 85.1 Å². The average molecular weight is 645 g/mol. The highest BCUT2D eigenvalue weighted by molar-refractivity contribution is 5.88. The number of benzene rings is 3. The molecule has 4 rings (SSSR count). The SMILES string of the molecule is CCCCCCCOC(=O)COC(=O)[C@H](Cc1c[nH]c2ccc(OC(=O)OCc3ccccc3)cc12)NC(=O)OCc1ccccc1. The Morgan fingerprint density at radius 3 is 2.15 bits per heavy atom. The van der Waals surface area contributed by atoms with Crippen LogP contribution in [0.3, 0.4) is 0 Å². The molecule has 0 spiro atoms. The van der Waals surface area contributed by atoms with E-state index >= 15 is 0 Å². The van der Waals surface area contributed by atoms with E-state index in [1.165, 1.54) is 0 Å². The second-order valence-electron chi connectivity index (χ2n) is 10.9. The molecule has 0 aliphatic carbocycles. The zero-order chi connectivity index (χ0) is 33.3. The topological polar surface area (TPSA) is 142 Å². The molecule has 0 bridgehead atoms. The number of hydrogen-bond acceptors (Lipinski definition) is 9. The maximum atomic E-state index is 13.2. The Bertz CT molecular complexity index is 1590. The Balaban J connectivity index is 1.39. The van der Waals surface area contributed by atoms with Crippen LogP contribution in [0.1, 0.15) is 55.7 Å². The van der Waals surface area contributed by atoms with Crippen molar-refractivity contribution in [3.63, 3.8) is 0 Å². The zero-order valence-corrected chi connectivity index (χ0v) is 26.4. The summed E-state index contributed by atoms with van der Waals surface area (Å²) >= 11 is 0. The molecule has 1 atom stereocenters. The first-order valence-electron chi connectivity index (χ1n) is 15.7. The summed E-state index contributed by atoms with van der Waals surface area (Å²) in [5.41, 5.74) is 2.90. The summed E-state index contributed by atoms with van der Waals surface area (Å²) < 4.78 is 26.3. The van der Waals surface area contributed by atoms with E-state index in [-0.39, 0.29) is 32.0 Å². The predicted octanol–water partition coefficient (Wildman–Crippen LogP) is 6.78. The van der Waals surface area contributed by atoms with Gasteiger partial charge in [-0.25, -0.2) is 19.2 Å². The molecule has 0 radical (unpaired) electrons. The standard InChI is InChI=1S/C36H40N2O9/c1-2-3-4-5-12-19-43-33(39)25-44-34(40)32(38-35(41)45-23-26-13-8-6-9-14-26)20-28-22-37-31-18-17-29(21-30(28)31)47-36(42)46-24-27-15-10-7-11-16-27/h6-11,13-18,21-22,32,37H,2-5,12,19-20,23-25H2,1H3,(H,38,41)/t32-/m0/s1. The van der Waals surface area contributed by atoms with Crippen molar-refractivity contribution in [1.29, 1.82) is 0 Å². The van der Waals surface area contributed by atoms with E-state index in [4.69, 9.17) is 23.7 Å². The third kappa shape index (κ3) is 11.8. The third-order valence-electron chi connectivity index (χ3n) is 7.20. The number of carbonyl (C=O) groups excluding carboxylic acids is 4. The van der Waals surface area contributed by atoms with Gasteiger partial charge in [0, 0.05) is 23.5 Å². The van der Waals surface area contributed by atoms with Crippen LogP contribution in [0, 0.1) is 0 Å². The number of nitrogens with one attached hydrogen (secondary N) is 2. The van der Waals surface area contributed by atoms with Gasteiger partial charge in [-0.15, -0.1) is 0 Å². The summed E-state index contributed by atoms with van der Waals surface area (Å²) in [6, 6.07) is 22.0. The molecule has 1 amide bonds. The summed E-state index contributed by atoms with van der Waals surface area (Å²) in [6.07, 6.45) is 4.93. The highest BCUT2D eigenvalue weighted by Gasteiger charge is 2.26. The van der Waals surface area contributed by atoms with Gasteiger partial charge in [-0.2, -0.15) is 0 Å². The Labute approximate surface area is 273 Å². The van der Waals surface area contributed by atoms with E-state index in [9.17, 15) is 19.2 Å². The number of fused-ring (bicyclic) bond motifs is 1. The summed E-state index contributed by atoms with van der Waals surface area (Å²) in [4.78, 5) is 53.6. The number of rotatable bonds is 17. The summed E-state index contributed by atoms with van der Waals surface area (Å²) in [5, 5.41) is 3.19. The maximum absolute atomic E-state index is 13.2. The average Bonchev–Trinajstić information content (AvgIpc) is 3.49. The van der Waals surface area contributed by atoms with Crippen LogP contribution in [0.25, 0.3) is 10.9 Å². The van der Waals surface area contributed by atoms with Crippen LogP contribution in [0.4, 0.5) is 9.59 Å². The molecule has 1 aromatic heterocycles. The maximum Gasteiger partial charge on any atom is 0.514 e. The molecule has 3 aromatic carbocycles. The molecular formula is C36H40N2O9. The first-order valence-corrected chi connectivity index (χ1v) is 15.7. The minimum atomic E-state index is -1.21. The highest BCUT2D eigenvalue weighted by atomic mass is 16.7. The second-order valence-corrected chi connectivity index (χ2v) is 10.9.